The first-order valence-electron chi connectivity index (χ1n) is 6.51. The standard InChI is InChI=1S/C17H20ClN/c1-17(2,3)14-7-5-13(6-8-14)15-9-4-12(11-19)10-16(15)18/h4-10H,11,19H2,1-3H3. The molecule has 0 radical (unpaired) electrons. The molecule has 2 rings (SSSR count). The zero-order valence-corrected chi connectivity index (χ0v) is 12.5. The summed E-state index contributed by atoms with van der Waals surface area (Å²) in [4.78, 5) is 0. The molecule has 0 saturated carbocycles. The second kappa shape index (κ2) is 5.36. The lowest BCUT2D eigenvalue weighted by Crippen LogP contribution is -2.10. The van der Waals surface area contributed by atoms with Crippen LogP contribution in [-0.2, 0) is 12.0 Å². The van der Waals surface area contributed by atoms with Crippen LogP contribution >= 0.6 is 11.6 Å². The molecule has 2 aromatic rings. The first-order valence-corrected chi connectivity index (χ1v) is 6.89. The van der Waals surface area contributed by atoms with Crippen LogP contribution in [0, 0.1) is 0 Å². The Morgan fingerprint density at radius 3 is 2.11 bits per heavy atom. The van der Waals surface area contributed by atoms with Crippen LogP contribution in [-0.4, -0.2) is 0 Å². The van der Waals surface area contributed by atoms with Gasteiger partial charge in [0.1, 0.15) is 0 Å². The van der Waals surface area contributed by atoms with E-state index in [2.05, 4.69) is 45.0 Å². The summed E-state index contributed by atoms with van der Waals surface area (Å²) in [5.41, 5.74) is 10.4. The highest BCUT2D eigenvalue weighted by molar-refractivity contribution is 6.33. The first-order chi connectivity index (χ1) is 8.91. The van der Waals surface area contributed by atoms with Gasteiger partial charge in [-0.2, -0.15) is 0 Å². The maximum atomic E-state index is 6.32. The molecule has 0 saturated heterocycles. The van der Waals surface area contributed by atoms with Crippen LogP contribution in [0.1, 0.15) is 31.9 Å². The normalized spacial score (nSPS) is 11.6. The third kappa shape index (κ3) is 3.17. The molecule has 2 heteroatoms. The van der Waals surface area contributed by atoms with Crippen LogP contribution in [0.15, 0.2) is 42.5 Å². The summed E-state index contributed by atoms with van der Waals surface area (Å²) in [7, 11) is 0. The minimum absolute atomic E-state index is 0.172. The molecular formula is C17H20ClN. The van der Waals surface area contributed by atoms with Crippen molar-refractivity contribution in [3.63, 3.8) is 0 Å². The van der Waals surface area contributed by atoms with E-state index >= 15 is 0 Å². The zero-order chi connectivity index (χ0) is 14.0. The van der Waals surface area contributed by atoms with E-state index in [9.17, 15) is 0 Å². The quantitative estimate of drug-likeness (QED) is 0.838. The fourth-order valence-corrected chi connectivity index (χ4v) is 2.38. The summed E-state index contributed by atoms with van der Waals surface area (Å²) in [6.07, 6.45) is 0. The molecule has 0 atom stereocenters. The van der Waals surface area contributed by atoms with Gasteiger partial charge >= 0.3 is 0 Å². The lowest BCUT2D eigenvalue weighted by Gasteiger charge is -2.19. The predicted molar refractivity (Wildman–Crippen MR) is 83.5 cm³/mol. The van der Waals surface area contributed by atoms with E-state index in [4.69, 9.17) is 17.3 Å². The topological polar surface area (TPSA) is 26.0 Å². The molecule has 0 aliphatic carbocycles. The number of nitrogens with two attached hydrogens (primary N) is 1. The van der Waals surface area contributed by atoms with E-state index in [0.29, 0.717) is 6.54 Å². The van der Waals surface area contributed by atoms with Gasteiger partial charge in [0.25, 0.3) is 0 Å². The van der Waals surface area contributed by atoms with Crippen molar-refractivity contribution in [3.05, 3.63) is 58.6 Å². The molecule has 2 N–H and O–H groups in total. The molecule has 1 nitrogen and oxygen atoms in total. The molecule has 0 spiro atoms. The minimum atomic E-state index is 0.172. The maximum Gasteiger partial charge on any atom is 0.0487 e. The van der Waals surface area contributed by atoms with Crippen LogP contribution in [0.5, 0.6) is 0 Å². The van der Waals surface area contributed by atoms with E-state index < -0.39 is 0 Å². The number of halogens is 1. The average molecular weight is 274 g/mol. The summed E-state index contributed by atoms with van der Waals surface area (Å²) in [6, 6.07) is 14.6. The molecule has 0 bridgehead atoms. The number of rotatable bonds is 2. The van der Waals surface area contributed by atoms with Gasteiger partial charge in [-0.25, -0.2) is 0 Å². The van der Waals surface area contributed by atoms with Gasteiger partial charge in [0.2, 0.25) is 0 Å². The van der Waals surface area contributed by atoms with Crippen LogP contribution < -0.4 is 5.73 Å². The van der Waals surface area contributed by atoms with Crippen molar-refractivity contribution in [2.45, 2.75) is 32.7 Å². The average Bonchev–Trinajstić information content (AvgIpc) is 2.37. The molecule has 19 heavy (non-hydrogen) atoms. The first kappa shape index (κ1) is 14.1. The summed E-state index contributed by atoms with van der Waals surface area (Å²) in [5.74, 6) is 0. The van der Waals surface area contributed by atoms with E-state index in [1.54, 1.807) is 0 Å². The van der Waals surface area contributed by atoms with E-state index in [-0.39, 0.29) is 5.41 Å². The van der Waals surface area contributed by atoms with Gasteiger partial charge in [0, 0.05) is 17.1 Å². The van der Waals surface area contributed by atoms with Gasteiger partial charge in [-0.05, 0) is 28.2 Å². The van der Waals surface area contributed by atoms with Crippen molar-refractivity contribution in [2.75, 3.05) is 0 Å². The third-order valence-corrected chi connectivity index (χ3v) is 3.64. The van der Waals surface area contributed by atoms with Crippen molar-refractivity contribution >= 4 is 11.6 Å². The van der Waals surface area contributed by atoms with Crippen LogP contribution in [0.2, 0.25) is 5.02 Å². The van der Waals surface area contributed by atoms with E-state index in [1.165, 1.54) is 5.56 Å². The Morgan fingerprint density at radius 2 is 1.63 bits per heavy atom. The Labute approximate surface area is 120 Å². The molecule has 0 aliphatic heterocycles. The molecule has 0 unspecified atom stereocenters. The Balaban J connectivity index is 2.37. The van der Waals surface area contributed by atoms with Gasteiger partial charge in [0.15, 0.2) is 0 Å². The van der Waals surface area contributed by atoms with Crippen molar-refractivity contribution in [1.82, 2.24) is 0 Å². The lowest BCUT2D eigenvalue weighted by molar-refractivity contribution is 0.590. The van der Waals surface area contributed by atoms with Crippen LogP contribution in [0.4, 0.5) is 0 Å². The maximum absolute atomic E-state index is 6.32. The molecule has 0 fully saturated rings. The summed E-state index contributed by atoms with van der Waals surface area (Å²) >= 11 is 6.32. The van der Waals surface area contributed by atoms with Gasteiger partial charge in [-0.15, -0.1) is 0 Å². The largest absolute Gasteiger partial charge is 0.326 e. The highest BCUT2D eigenvalue weighted by Gasteiger charge is 2.13. The third-order valence-electron chi connectivity index (χ3n) is 3.33. The molecule has 0 aromatic heterocycles. The molecule has 2 aromatic carbocycles. The second-order valence-electron chi connectivity index (χ2n) is 5.85. The lowest BCUT2D eigenvalue weighted by atomic mass is 9.86. The number of hydrogen-bond donors (Lipinski definition) is 1. The molecule has 0 aliphatic rings. The van der Waals surface area contributed by atoms with Crippen LogP contribution in [0.25, 0.3) is 11.1 Å². The molecule has 0 heterocycles. The Kier molecular flexibility index (Phi) is 3.98. The van der Waals surface area contributed by atoms with Gasteiger partial charge in [0.05, 0.1) is 0 Å². The number of benzene rings is 2. The Morgan fingerprint density at radius 1 is 1.00 bits per heavy atom. The molecule has 0 amide bonds. The fourth-order valence-electron chi connectivity index (χ4n) is 2.07. The van der Waals surface area contributed by atoms with E-state index in [1.807, 2.05) is 18.2 Å². The zero-order valence-electron chi connectivity index (χ0n) is 11.7. The summed E-state index contributed by atoms with van der Waals surface area (Å²) in [6.45, 7) is 7.16. The van der Waals surface area contributed by atoms with Crippen molar-refractivity contribution < 1.29 is 0 Å². The fraction of sp³-hybridized carbons (Fsp3) is 0.294. The molecule has 100 valence electrons. The highest BCUT2D eigenvalue weighted by Crippen LogP contribution is 2.31. The van der Waals surface area contributed by atoms with Crippen molar-refractivity contribution in [3.8, 4) is 11.1 Å². The summed E-state index contributed by atoms with van der Waals surface area (Å²) < 4.78 is 0. The number of hydrogen-bond acceptors (Lipinski definition) is 1. The minimum Gasteiger partial charge on any atom is -0.326 e. The monoisotopic (exact) mass is 273 g/mol. The van der Waals surface area contributed by atoms with Gasteiger partial charge in [-0.3, -0.25) is 0 Å². The smallest absolute Gasteiger partial charge is 0.0487 e. The van der Waals surface area contributed by atoms with E-state index in [0.717, 1.165) is 21.7 Å². The van der Waals surface area contributed by atoms with Crippen molar-refractivity contribution in [1.29, 1.82) is 0 Å². The second-order valence-corrected chi connectivity index (χ2v) is 6.25. The Bertz CT molecular complexity index is 565. The summed E-state index contributed by atoms with van der Waals surface area (Å²) in [5, 5.41) is 0.756. The highest BCUT2D eigenvalue weighted by atomic mass is 35.5. The predicted octanol–water partition coefficient (Wildman–Crippen LogP) is 4.76. The van der Waals surface area contributed by atoms with Crippen LogP contribution in [0.3, 0.4) is 0 Å². The molecular weight excluding hydrogens is 254 g/mol. The Hall–Kier alpha value is -1.31. The van der Waals surface area contributed by atoms with Gasteiger partial charge < -0.3 is 5.73 Å². The van der Waals surface area contributed by atoms with Crippen molar-refractivity contribution in [2.24, 2.45) is 5.73 Å². The van der Waals surface area contributed by atoms with Gasteiger partial charge in [-0.1, -0.05) is 68.8 Å². The SMILES string of the molecule is CC(C)(C)c1ccc(-c2ccc(CN)cc2Cl)cc1.